The van der Waals surface area contributed by atoms with Gasteiger partial charge >= 0.3 is 0 Å². The van der Waals surface area contributed by atoms with Crippen molar-refractivity contribution in [2.45, 2.75) is 38.6 Å². The van der Waals surface area contributed by atoms with Crippen molar-refractivity contribution in [3.8, 4) is 0 Å². The van der Waals surface area contributed by atoms with Gasteiger partial charge in [0.05, 0.1) is 17.2 Å². The summed E-state index contributed by atoms with van der Waals surface area (Å²) in [6, 6.07) is 6.54. The van der Waals surface area contributed by atoms with Crippen LogP contribution < -0.4 is 10.0 Å². The van der Waals surface area contributed by atoms with Gasteiger partial charge in [0.2, 0.25) is 10.0 Å². The number of ether oxygens (including phenoxy) is 1. The number of aryl methyl sites for hydroxylation is 4. The smallest absolute Gasteiger partial charge is 0.251 e. The second-order valence-electron chi connectivity index (χ2n) is 6.63. The average Bonchev–Trinajstić information content (AvgIpc) is 2.96. The van der Waals surface area contributed by atoms with Crippen LogP contribution >= 0.6 is 0 Å². The molecule has 8 nitrogen and oxygen atoms in total. The predicted octanol–water partition coefficient (Wildman–Crippen LogP) is 1.55. The van der Waals surface area contributed by atoms with Crippen LogP contribution in [0, 0.1) is 20.8 Å². The van der Waals surface area contributed by atoms with E-state index in [4.69, 9.17) is 4.74 Å². The third-order valence-electron chi connectivity index (χ3n) is 4.30. The molecule has 0 radical (unpaired) electrons. The molecule has 28 heavy (non-hydrogen) atoms. The lowest BCUT2D eigenvalue weighted by atomic mass is 10.1. The Bertz CT molecular complexity index is 922. The third kappa shape index (κ3) is 5.88. The monoisotopic (exact) mass is 408 g/mol. The fourth-order valence-electron chi connectivity index (χ4n) is 2.80. The van der Waals surface area contributed by atoms with E-state index in [1.165, 1.54) is 19.2 Å². The zero-order chi connectivity index (χ0) is 20.7. The molecule has 0 aliphatic heterocycles. The second kappa shape index (κ2) is 9.81. The van der Waals surface area contributed by atoms with Gasteiger partial charge in [-0.1, -0.05) is 6.07 Å². The van der Waals surface area contributed by atoms with Crippen molar-refractivity contribution in [3.05, 3.63) is 46.8 Å². The van der Waals surface area contributed by atoms with Crippen molar-refractivity contribution in [2.24, 2.45) is 0 Å². The van der Waals surface area contributed by atoms with Crippen LogP contribution in [-0.2, 0) is 21.3 Å². The summed E-state index contributed by atoms with van der Waals surface area (Å²) in [6.07, 6.45) is 0.726. The van der Waals surface area contributed by atoms with Gasteiger partial charge in [0.25, 0.3) is 5.91 Å². The highest BCUT2D eigenvalue weighted by atomic mass is 32.2. The summed E-state index contributed by atoms with van der Waals surface area (Å²) < 4.78 is 33.9. The lowest BCUT2D eigenvalue weighted by Crippen LogP contribution is -2.29. The van der Waals surface area contributed by atoms with Crippen molar-refractivity contribution in [3.63, 3.8) is 0 Å². The van der Waals surface area contributed by atoms with E-state index in [0.717, 1.165) is 17.8 Å². The minimum atomic E-state index is -3.69. The number of carbonyl (C=O) groups excluding carboxylic acids is 1. The minimum Gasteiger partial charge on any atom is -0.383 e. The molecule has 2 rings (SSSR count). The number of rotatable bonds is 10. The lowest BCUT2D eigenvalue weighted by molar-refractivity contribution is 0.0951. The van der Waals surface area contributed by atoms with Gasteiger partial charge in [0.15, 0.2) is 0 Å². The van der Waals surface area contributed by atoms with Crippen molar-refractivity contribution in [1.82, 2.24) is 19.8 Å². The van der Waals surface area contributed by atoms with Crippen LogP contribution in [0.15, 0.2) is 29.2 Å². The summed E-state index contributed by atoms with van der Waals surface area (Å²) in [5.74, 6) is -0.292. The first-order valence-corrected chi connectivity index (χ1v) is 10.6. The molecule has 0 aliphatic carbocycles. The van der Waals surface area contributed by atoms with Gasteiger partial charge in [0.1, 0.15) is 0 Å². The fourth-order valence-corrected chi connectivity index (χ4v) is 3.84. The van der Waals surface area contributed by atoms with E-state index in [1.54, 1.807) is 13.0 Å². The number of benzene rings is 1. The number of carbonyl (C=O) groups is 1. The van der Waals surface area contributed by atoms with E-state index >= 15 is 0 Å². The van der Waals surface area contributed by atoms with Crippen LogP contribution in [0.25, 0.3) is 0 Å². The maximum absolute atomic E-state index is 12.5. The van der Waals surface area contributed by atoms with Gasteiger partial charge in [-0.2, -0.15) is 5.10 Å². The molecule has 1 aromatic carbocycles. The molecule has 0 unspecified atom stereocenters. The Hall–Kier alpha value is -2.23. The van der Waals surface area contributed by atoms with Crippen molar-refractivity contribution in [2.75, 3.05) is 26.8 Å². The Morgan fingerprint density at radius 1 is 1.18 bits per heavy atom. The molecule has 0 aliphatic rings. The van der Waals surface area contributed by atoms with E-state index in [0.29, 0.717) is 24.2 Å². The van der Waals surface area contributed by atoms with Gasteiger partial charge in [-0.3, -0.25) is 9.48 Å². The minimum absolute atomic E-state index is 0.0574. The van der Waals surface area contributed by atoms with Gasteiger partial charge in [-0.25, -0.2) is 13.1 Å². The highest BCUT2D eigenvalue weighted by Gasteiger charge is 2.17. The molecule has 0 atom stereocenters. The maximum Gasteiger partial charge on any atom is 0.251 e. The first kappa shape index (κ1) is 22.1. The number of nitrogens with one attached hydrogen (secondary N) is 2. The van der Waals surface area contributed by atoms with Gasteiger partial charge in [-0.05, 0) is 51.0 Å². The fraction of sp³-hybridized carbons (Fsp3) is 0.474. The Morgan fingerprint density at radius 2 is 1.93 bits per heavy atom. The number of hydrogen-bond donors (Lipinski definition) is 2. The van der Waals surface area contributed by atoms with Crippen LogP contribution in [-0.4, -0.2) is 50.9 Å². The van der Waals surface area contributed by atoms with Crippen molar-refractivity contribution >= 4 is 15.9 Å². The number of methoxy groups -OCH3 is 1. The van der Waals surface area contributed by atoms with E-state index in [9.17, 15) is 13.2 Å². The van der Waals surface area contributed by atoms with Crippen molar-refractivity contribution < 1.29 is 17.9 Å². The molecule has 2 aromatic rings. The Kier molecular flexibility index (Phi) is 7.73. The van der Waals surface area contributed by atoms with E-state index < -0.39 is 10.0 Å². The zero-order valence-electron chi connectivity index (χ0n) is 16.8. The Balaban J connectivity index is 1.97. The normalized spacial score (nSPS) is 11.6. The molecule has 0 saturated carbocycles. The van der Waals surface area contributed by atoms with Gasteiger partial charge in [0, 0.05) is 38.0 Å². The largest absolute Gasteiger partial charge is 0.383 e. The van der Waals surface area contributed by atoms with Crippen LogP contribution in [0.1, 0.15) is 33.7 Å². The molecule has 1 aromatic heterocycles. The summed E-state index contributed by atoms with van der Waals surface area (Å²) >= 11 is 0. The molecule has 0 bridgehead atoms. The standard InChI is InChI=1S/C19H28N4O4S/c1-14-6-7-17(28(25,26)21-9-11-27-4)13-18(14)19(24)20-8-5-10-23-16(3)12-15(2)22-23/h6-7,12-13,21H,5,8-11H2,1-4H3,(H,20,24). The Morgan fingerprint density at radius 3 is 2.57 bits per heavy atom. The van der Waals surface area contributed by atoms with Crippen molar-refractivity contribution in [1.29, 1.82) is 0 Å². The van der Waals surface area contributed by atoms with Crippen LogP contribution in [0.5, 0.6) is 0 Å². The first-order valence-electron chi connectivity index (χ1n) is 9.13. The van der Waals surface area contributed by atoms with Crippen LogP contribution in [0.4, 0.5) is 0 Å². The number of amides is 1. The third-order valence-corrected chi connectivity index (χ3v) is 5.76. The molecule has 2 N–H and O–H groups in total. The number of nitrogens with zero attached hydrogens (tertiary/aromatic N) is 2. The average molecular weight is 409 g/mol. The summed E-state index contributed by atoms with van der Waals surface area (Å²) in [7, 11) is -2.19. The summed E-state index contributed by atoms with van der Waals surface area (Å²) in [6.45, 7) is 7.33. The SMILES string of the molecule is COCCNS(=O)(=O)c1ccc(C)c(C(=O)NCCCn2nc(C)cc2C)c1. The van der Waals surface area contributed by atoms with Gasteiger partial charge < -0.3 is 10.1 Å². The number of hydrogen-bond acceptors (Lipinski definition) is 5. The molecule has 0 saturated heterocycles. The quantitative estimate of drug-likeness (QED) is 0.581. The van der Waals surface area contributed by atoms with Gasteiger partial charge in [-0.15, -0.1) is 0 Å². The molecule has 1 heterocycles. The molecule has 0 fully saturated rings. The molecule has 0 spiro atoms. The van der Waals surface area contributed by atoms with Crippen LogP contribution in [0.3, 0.4) is 0 Å². The number of sulfonamides is 1. The van der Waals surface area contributed by atoms with E-state index in [-0.39, 0.29) is 24.0 Å². The molecular weight excluding hydrogens is 380 g/mol. The summed E-state index contributed by atoms with van der Waals surface area (Å²) in [5.41, 5.74) is 3.11. The predicted molar refractivity (Wildman–Crippen MR) is 107 cm³/mol. The highest BCUT2D eigenvalue weighted by molar-refractivity contribution is 7.89. The molecule has 1 amide bonds. The van der Waals surface area contributed by atoms with Crippen LogP contribution in [0.2, 0.25) is 0 Å². The molecule has 9 heteroatoms. The van der Waals surface area contributed by atoms with E-state index in [2.05, 4.69) is 15.1 Å². The zero-order valence-corrected chi connectivity index (χ0v) is 17.6. The highest BCUT2D eigenvalue weighted by Crippen LogP contribution is 2.15. The molecule has 154 valence electrons. The Labute approximate surface area is 166 Å². The first-order chi connectivity index (χ1) is 13.2. The topological polar surface area (TPSA) is 102 Å². The lowest BCUT2D eigenvalue weighted by Gasteiger charge is -2.11. The summed E-state index contributed by atoms with van der Waals surface area (Å²) in [5, 5.41) is 7.24. The molecular formula is C19H28N4O4S. The summed E-state index contributed by atoms with van der Waals surface area (Å²) in [4.78, 5) is 12.6. The second-order valence-corrected chi connectivity index (χ2v) is 8.39. The maximum atomic E-state index is 12.5. The number of aromatic nitrogens is 2. The van der Waals surface area contributed by atoms with E-state index in [1.807, 2.05) is 24.6 Å².